The highest BCUT2D eigenvalue weighted by Gasteiger charge is 2.44. The summed E-state index contributed by atoms with van der Waals surface area (Å²) in [5, 5.41) is 0. The highest BCUT2D eigenvalue weighted by molar-refractivity contribution is 5.22. The average Bonchev–Trinajstić information content (AvgIpc) is 2.35. The van der Waals surface area contributed by atoms with Gasteiger partial charge in [0.25, 0.3) is 0 Å². The summed E-state index contributed by atoms with van der Waals surface area (Å²) < 4.78 is 8.35. The van der Waals surface area contributed by atoms with Crippen molar-refractivity contribution in [3.8, 4) is 0 Å². The largest absolute Gasteiger partial charge is 0.372 e. The van der Waals surface area contributed by atoms with E-state index in [0.29, 0.717) is 23.7 Å². The molecular formula is C17H24NO+. The van der Waals surface area contributed by atoms with Crippen LogP contribution in [0.25, 0.3) is 0 Å². The van der Waals surface area contributed by atoms with Crippen molar-refractivity contribution in [1.29, 1.82) is 0 Å². The molecule has 5 atom stereocenters. The topological polar surface area (TPSA) is 13.1 Å². The van der Waals surface area contributed by atoms with Gasteiger partial charge in [-0.25, -0.2) is 4.57 Å². The highest BCUT2D eigenvalue weighted by atomic mass is 16.5. The zero-order valence-electron chi connectivity index (χ0n) is 12.3. The molecule has 102 valence electrons. The Bertz CT molecular complexity index is 508. The van der Waals surface area contributed by atoms with Gasteiger partial charge in [-0.2, -0.15) is 0 Å². The van der Waals surface area contributed by atoms with Crippen molar-refractivity contribution in [2.45, 2.75) is 26.9 Å². The van der Waals surface area contributed by atoms with Gasteiger partial charge in [0.15, 0.2) is 12.4 Å². The highest BCUT2D eigenvalue weighted by Crippen LogP contribution is 2.49. The summed E-state index contributed by atoms with van der Waals surface area (Å²) in [6.07, 6.45) is 6.96. The van der Waals surface area contributed by atoms with E-state index in [0.717, 1.165) is 6.61 Å². The van der Waals surface area contributed by atoms with Crippen molar-refractivity contribution in [3.05, 3.63) is 41.7 Å². The zero-order valence-corrected chi connectivity index (χ0v) is 12.3. The van der Waals surface area contributed by atoms with Gasteiger partial charge in [-0.15, -0.1) is 0 Å². The van der Waals surface area contributed by atoms with Gasteiger partial charge >= 0.3 is 0 Å². The van der Waals surface area contributed by atoms with Gasteiger partial charge in [-0.3, -0.25) is 0 Å². The maximum atomic E-state index is 6.24. The fraction of sp³-hybridized carbons (Fsp3) is 0.588. The number of hydrogen-bond donors (Lipinski definition) is 0. The zero-order chi connectivity index (χ0) is 13.6. The molecule has 2 bridgehead atoms. The van der Waals surface area contributed by atoms with E-state index in [1.54, 1.807) is 0 Å². The molecule has 1 aromatic rings. The first-order valence-electron chi connectivity index (χ1n) is 7.33. The van der Waals surface area contributed by atoms with Gasteiger partial charge in [0.1, 0.15) is 7.05 Å². The monoisotopic (exact) mass is 258 g/mol. The SMILES string of the molecule is CC1=C[C@@H](C)[C@H]2CO[C@H](c3ccc[n+](C)c3)[C@H]1[C@@H]2C. The first-order chi connectivity index (χ1) is 9.08. The molecule has 0 N–H and O–H groups in total. The Hall–Kier alpha value is -1.15. The Balaban J connectivity index is 1.98. The van der Waals surface area contributed by atoms with Crippen LogP contribution in [0.3, 0.4) is 0 Å². The van der Waals surface area contributed by atoms with E-state index >= 15 is 0 Å². The molecule has 2 aliphatic rings. The summed E-state index contributed by atoms with van der Waals surface area (Å²) in [6.45, 7) is 7.90. The standard InChI is InChI=1S/C17H24NO/c1-11-8-12(2)16-13(3)15(11)10-19-17(16)14-6-5-7-18(4)9-14/h5-9,11,13,15-17H,10H2,1-4H3/q+1/t11-,13-,15-,16-,17-/m1/s1. The molecule has 2 heteroatoms. The summed E-state index contributed by atoms with van der Waals surface area (Å²) in [7, 11) is 2.07. The number of allylic oxidation sites excluding steroid dienone is 1. The van der Waals surface area contributed by atoms with E-state index in [1.165, 1.54) is 11.1 Å². The van der Waals surface area contributed by atoms with Crippen molar-refractivity contribution < 1.29 is 9.30 Å². The average molecular weight is 258 g/mol. The molecule has 0 spiro atoms. The summed E-state index contributed by atoms with van der Waals surface area (Å²) in [5.74, 6) is 2.59. The number of nitrogens with zero attached hydrogens (tertiary/aromatic N) is 1. The van der Waals surface area contributed by atoms with Gasteiger partial charge in [0, 0.05) is 17.5 Å². The first kappa shape index (κ1) is 12.9. The van der Waals surface area contributed by atoms with Crippen LogP contribution in [0, 0.1) is 23.7 Å². The number of fused-ring (bicyclic) bond motifs is 2. The van der Waals surface area contributed by atoms with E-state index in [2.05, 4.69) is 63.0 Å². The first-order valence-corrected chi connectivity index (χ1v) is 7.33. The molecule has 1 saturated heterocycles. The predicted octanol–water partition coefficient (Wildman–Crippen LogP) is 3.05. The normalized spacial score (nSPS) is 37.9. The number of pyridine rings is 1. The second-order valence-corrected chi connectivity index (χ2v) is 6.38. The molecule has 0 unspecified atom stereocenters. The Labute approximate surface area is 116 Å². The molecule has 3 rings (SSSR count). The molecule has 19 heavy (non-hydrogen) atoms. The van der Waals surface area contributed by atoms with E-state index in [4.69, 9.17) is 4.74 Å². The van der Waals surface area contributed by atoms with Crippen LogP contribution in [0.1, 0.15) is 32.4 Å². The summed E-state index contributed by atoms with van der Waals surface area (Å²) in [5.41, 5.74) is 2.81. The van der Waals surface area contributed by atoms with E-state index in [1.807, 2.05) is 0 Å². The van der Waals surface area contributed by atoms with Crippen molar-refractivity contribution in [2.75, 3.05) is 6.61 Å². The third-order valence-corrected chi connectivity index (χ3v) is 5.05. The number of aryl methyl sites for hydroxylation is 1. The number of rotatable bonds is 1. The van der Waals surface area contributed by atoms with Gasteiger partial charge in [0.05, 0.1) is 12.7 Å². The molecular weight excluding hydrogens is 234 g/mol. The lowest BCUT2D eigenvalue weighted by Gasteiger charge is -2.47. The minimum atomic E-state index is 0.224. The van der Waals surface area contributed by atoms with E-state index in [9.17, 15) is 0 Å². The summed E-state index contributed by atoms with van der Waals surface area (Å²) in [6, 6.07) is 4.31. The molecule has 0 saturated carbocycles. The summed E-state index contributed by atoms with van der Waals surface area (Å²) >= 11 is 0. The molecule has 0 aromatic carbocycles. The predicted molar refractivity (Wildman–Crippen MR) is 75.4 cm³/mol. The van der Waals surface area contributed by atoms with Crippen LogP contribution in [0.4, 0.5) is 0 Å². The lowest BCUT2D eigenvalue weighted by Crippen LogP contribution is -2.43. The molecule has 1 aliphatic heterocycles. The van der Waals surface area contributed by atoms with Crippen LogP contribution in [-0.2, 0) is 11.8 Å². The molecule has 1 fully saturated rings. The van der Waals surface area contributed by atoms with Crippen molar-refractivity contribution >= 4 is 0 Å². The van der Waals surface area contributed by atoms with Gasteiger partial charge in [-0.05, 0) is 30.7 Å². The van der Waals surface area contributed by atoms with E-state index in [-0.39, 0.29) is 6.10 Å². The number of ether oxygens (including phenoxy) is 1. The lowest BCUT2D eigenvalue weighted by atomic mass is 9.65. The Morgan fingerprint density at radius 1 is 1.32 bits per heavy atom. The van der Waals surface area contributed by atoms with Crippen LogP contribution >= 0.6 is 0 Å². The Morgan fingerprint density at radius 3 is 2.84 bits per heavy atom. The van der Waals surface area contributed by atoms with Crippen LogP contribution in [0.2, 0.25) is 0 Å². The fourth-order valence-corrected chi connectivity index (χ4v) is 4.03. The third kappa shape index (κ3) is 2.12. The van der Waals surface area contributed by atoms with Crippen LogP contribution < -0.4 is 4.57 Å². The fourth-order valence-electron chi connectivity index (χ4n) is 4.03. The Morgan fingerprint density at radius 2 is 2.11 bits per heavy atom. The lowest BCUT2D eigenvalue weighted by molar-refractivity contribution is -0.672. The molecule has 0 amide bonds. The smallest absolute Gasteiger partial charge is 0.174 e. The molecule has 0 radical (unpaired) electrons. The van der Waals surface area contributed by atoms with Gasteiger partial charge in [-0.1, -0.05) is 25.5 Å². The minimum absolute atomic E-state index is 0.224. The molecule has 1 aliphatic carbocycles. The molecule has 2 nitrogen and oxygen atoms in total. The second-order valence-electron chi connectivity index (χ2n) is 6.38. The molecule has 2 heterocycles. The quantitative estimate of drug-likeness (QED) is 0.557. The van der Waals surface area contributed by atoms with Crippen LogP contribution in [0.15, 0.2) is 36.2 Å². The van der Waals surface area contributed by atoms with Crippen LogP contribution in [0.5, 0.6) is 0 Å². The third-order valence-electron chi connectivity index (χ3n) is 5.05. The summed E-state index contributed by atoms with van der Waals surface area (Å²) in [4.78, 5) is 0. The van der Waals surface area contributed by atoms with Crippen LogP contribution in [-0.4, -0.2) is 6.61 Å². The van der Waals surface area contributed by atoms with E-state index < -0.39 is 0 Å². The second kappa shape index (κ2) is 4.75. The molecule has 1 aromatic heterocycles. The number of aromatic nitrogens is 1. The maximum Gasteiger partial charge on any atom is 0.174 e. The van der Waals surface area contributed by atoms with Crippen molar-refractivity contribution in [2.24, 2.45) is 30.7 Å². The Kier molecular flexibility index (Phi) is 3.22. The minimum Gasteiger partial charge on any atom is -0.372 e. The van der Waals surface area contributed by atoms with Gasteiger partial charge < -0.3 is 4.74 Å². The van der Waals surface area contributed by atoms with Crippen molar-refractivity contribution in [1.82, 2.24) is 0 Å². The van der Waals surface area contributed by atoms with Crippen molar-refractivity contribution in [3.63, 3.8) is 0 Å². The number of hydrogen-bond acceptors (Lipinski definition) is 1. The van der Waals surface area contributed by atoms with Gasteiger partial charge in [0.2, 0.25) is 0 Å². The maximum absolute atomic E-state index is 6.24.